The van der Waals surface area contributed by atoms with Crippen LogP contribution in [-0.4, -0.2) is 25.4 Å². The summed E-state index contributed by atoms with van der Waals surface area (Å²) >= 11 is 0. The number of amides is 1. The number of carbonyl (C=O) groups excluding carboxylic acids is 1. The maximum absolute atomic E-state index is 11.6. The Bertz CT molecular complexity index is 624. The second-order valence-electron chi connectivity index (χ2n) is 4.02. The molecule has 19 heavy (non-hydrogen) atoms. The fourth-order valence-electron chi connectivity index (χ4n) is 1.41. The molecule has 0 aliphatic carbocycles. The van der Waals surface area contributed by atoms with E-state index in [9.17, 15) is 18.0 Å². The molecule has 0 aliphatic rings. The third-order valence-electron chi connectivity index (χ3n) is 2.61. The highest BCUT2D eigenvalue weighted by atomic mass is 32.2. The number of aliphatic carboxylic acids is 1. The van der Waals surface area contributed by atoms with Crippen LogP contribution in [0.4, 0.5) is 5.69 Å². The fraction of sp³-hybridized carbons (Fsp3) is 0.273. The molecule has 0 saturated heterocycles. The minimum absolute atomic E-state index is 0.117. The minimum Gasteiger partial charge on any atom is -0.481 e. The van der Waals surface area contributed by atoms with Gasteiger partial charge in [-0.3, -0.25) is 9.59 Å². The lowest BCUT2D eigenvalue weighted by atomic mass is 10.1. The second-order valence-corrected chi connectivity index (χ2v) is 5.55. The Hall–Kier alpha value is -1.93. The number of benzene rings is 1. The van der Waals surface area contributed by atoms with E-state index in [0.29, 0.717) is 0 Å². The summed E-state index contributed by atoms with van der Waals surface area (Å²) < 4.78 is 22.6. The van der Waals surface area contributed by atoms with Gasteiger partial charge in [0.25, 0.3) is 0 Å². The Kier molecular flexibility index (Phi) is 4.28. The summed E-state index contributed by atoms with van der Waals surface area (Å²) in [6, 6.07) is 4.19. The summed E-state index contributed by atoms with van der Waals surface area (Å²) in [5, 5.41) is 16.1. The highest BCUT2D eigenvalue weighted by Crippen LogP contribution is 2.22. The molecule has 0 radical (unpaired) electrons. The van der Waals surface area contributed by atoms with E-state index in [1.165, 1.54) is 32.0 Å². The highest BCUT2D eigenvalue weighted by Gasteiger charge is 2.22. The van der Waals surface area contributed by atoms with E-state index >= 15 is 0 Å². The number of anilines is 1. The number of sulfonamides is 1. The summed E-state index contributed by atoms with van der Waals surface area (Å²) in [5.74, 6) is -3.24. The largest absolute Gasteiger partial charge is 0.481 e. The molecule has 0 aromatic heterocycles. The average molecular weight is 286 g/mol. The van der Waals surface area contributed by atoms with Gasteiger partial charge in [-0.25, -0.2) is 13.6 Å². The normalized spacial score (nSPS) is 12.8. The van der Waals surface area contributed by atoms with Gasteiger partial charge in [0, 0.05) is 5.69 Å². The number of carbonyl (C=O) groups is 2. The van der Waals surface area contributed by atoms with Gasteiger partial charge in [0.05, 0.1) is 4.90 Å². The molecule has 1 aromatic carbocycles. The Morgan fingerprint density at radius 3 is 2.42 bits per heavy atom. The van der Waals surface area contributed by atoms with Gasteiger partial charge in [0.2, 0.25) is 15.9 Å². The molecule has 0 spiro atoms. The number of primary sulfonamides is 1. The van der Waals surface area contributed by atoms with Crippen molar-refractivity contribution in [3.63, 3.8) is 0 Å². The van der Waals surface area contributed by atoms with E-state index < -0.39 is 27.8 Å². The minimum atomic E-state index is -3.90. The van der Waals surface area contributed by atoms with Gasteiger partial charge < -0.3 is 10.4 Å². The molecule has 1 aromatic rings. The molecule has 1 unspecified atom stereocenters. The molecular weight excluding hydrogens is 272 g/mol. The summed E-state index contributed by atoms with van der Waals surface area (Å²) in [6.45, 7) is 2.71. The van der Waals surface area contributed by atoms with Crippen molar-refractivity contribution >= 4 is 27.6 Å². The van der Waals surface area contributed by atoms with E-state index in [1.807, 2.05) is 0 Å². The molecule has 0 heterocycles. The Balaban J connectivity index is 3.11. The van der Waals surface area contributed by atoms with Crippen molar-refractivity contribution in [3.05, 3.63) is 23.8 Å². The van der Waals surface area contributed by atoms with Gasteiger partial charge in [0.15, 0.2) is 0 Å². The second kappa shape index (κ2) is 5.37. The molecule has 4 N–H and O–H groups in total. The molecule has 1 atom stereocenters. The third kappa shape index (κ3) is 3.52. The van der Waals surface area contributed by atoms with Crippen molar-refractivity contribution < 1.29 is 23.1 Å². The van der Waals surface area contributed by atoms with Gasteiger partial charge in [0.1, 0.15) is 5.92 Å². The van der Waals surface area contributed by atoms with Crippen LogP contribution < -0.4 is 10.5 Å². The summed E-state index contributed by atoms with van der Waals surface area (Å²) in [7, 11) is -3.90. The van der Waals surface area contributed by atoms with E-state index in [4.69, 9.17) is 10.2 Å². The molecule has 0 aliphatic heterocycles. The first-order chi connectivity index (χ1) is 8.64. The predicted octanol–water partition coefficient (Wildman–Crippen LogP) is 0.302. The van der Waals surface area contributed by atoms with Crippen molar-refractivity contribution in [2.24, 2.45) is 11.1 Å². The molecule has 1 amide bonds. The number of nitrogens with one attached hydrogen (secondary N) is 1. The Labute approximate surface area is 110 Å². The van der Waals surface area contributed by atoms with E-state index in [2.05, 4.69) is 5.32 Å². The van der Waals surface area contributed by atoms with Crippen LogP contribution in [0.2, 0.25) is 0 Å². The number of rotatable bonds is 4. The van der Waals surface area contributed by atoms with Crippen molar-refractivity contribution in [3.8, 4) is 0 Å². The van der Waals surface area contributed by atoms with Crippen LogP contribution in [0.3, 0.4) is 0 Å². The Morgan fingerprint density at radius 1 is 1.37 bits per heavy atom. The van der Waals surface area contributed by atoms with Crippen LogP contribution in [0.1, 0.15) is 12.5 Å². The van der Waals surface area contributed by atoms with Gasteiger partial charge in [-0.05, 0) is 31.5 Å². The predicted molar refractivity (Wildman–Crippen MR) is 68.0 cm³/mol. The zero-order chi connectivity index (χ0) is 14.8. The van der Waals surface area contributed by atoms with Gasteiger partial charge in [-0.2, -0.15) is 0 Å². The standard InChI is InChI=1S/C11H14N2O5S/c1-6-8(13-10(14)7(2)11(15)16)4-3-5-9(6)19(12,17)18/h3-5,7H,1-2H3,(H,13,14)(H,15,16)(H2,12,17,18). The zero-order valence-electron chi connectivity index (χ0n) is 10.4. The van der Waals surface area contributed by atoms with Gasteiger partial charge in [-0.15, -0.1) is 0 Å². The lowest BCUT2D eigenvalue weighted by molar-refractivity contribution is -0.144. The van der Waals surface area contributed by atoms with Crippen molar-refractivity contribution in [1.82, 2.24) is 0 Å². The van der Waals surface area contributed by atoms with Crippen molar-refractivity contribution in [2.75, 3.05) is 5.32 Å². The molecular formula is C11H14N2O5S. The maximum atomic E-state index is 11.6. The molecule has 0 saturated carbocycles. The van der Waals surface area contributed by atoms with Crippen molar-refractivity contribution in [1.29, 1.82) is 0 Å². The van der Waals surface area contributed by atoms with Crippen LogP contribution in [0.5, 0.6) is 0 Å². The van der Waals surface area contributed by atoms with E-state index in [-0.39, 0.29) is 16.1 Å². The van der Waals surface area contributed by atoms with E-state index in [1.54, 1.807) is 0 Å². The summed E-state index contributed by atoms with van der Waals surface area (Å²) in [6.07, 6.45) is 0. The lowest BCUT2D eigenvalue weighted by Crippen LogP contribution is -2.27. The number of hydrogen-bond acceptors (Lipinski definition) is 4. The molecule has 1 rings (SSSR count). The molecule has 8 heteroatoms. The van der Waals surface area contributed by atoms with Crippen LogP contribution >= 0.6 is 0 Å². The van der Waals surface area contributed by atoms with Crippen molar-refractivity contribution in [2.45, 2.75) is 18.7 Å². The number of carboxylic acids is 1. The maximum Gasteiger partial charge on any atom is 0.315 e. The molecule has 0 bridgehead atoms. The van der Waals surface area contributed by atoms with E-state index in [0.717, 1.165) is 0 Å². The Morgan fingerprint density at radius 2 is 1.95 bits per heavy atom. The quantitative estimate of drug-likeness (QED) is 0.686. The molecule has 0 fully saturated rings. The topological polar surface area (TPSA) is 127 Å². The monoisotopic (exact) mass is 286 g/mol. The summed E-state index contributed by atoms with van der Waals surface area (Å²) in [5.41, 5.74) is 0.473. The number of nitrogens with two attached hydrogens (primary N) is 1. The SMILES string of the molecule is Cc1c(NC(=O)C(C)C(=O)O)cccc1S(N)(=O)=O. The van der Waals surface area contributed by atoms with Gasteiger partial charge >= 0.3 is 5.97 Å². The average Bonchev–Trinajstić information content (AvgIpc) is 2.29. The number of carboxylic acid groups (broad SMARTS) is 1. The first-order valence-corrected chi connectivity index (χ1v) is 6.85. The van der Waals surface area contributed by atoms with Crippen LogP contribution in [0, 0.1) is 12.8 Å². The first-order valence-electron chi connectivity index (χ1n) is 5.30. The molecule has 7 nitrogen and oxygen atoms in total. The lowest BCUT2D eigenvalue weighted by Gasteiger charge is -2.12. The first kappa shape index (κ1) is 15.1. The fourth-order valence-corrected chi connectivity index (χ4v) is 2.22. The summed E-state index contributed by atoms with van der Waals surface area (Å²) in [4.78, 5) is 22.1. The van der Waals surface area contributed by atoms with Crippen LogP contribution in [0.25, 0.3) is 0 Å². The zero-order valence-corrected chi connectivity index (χ0v) is 11.2. The smallest absolute Gasteiger partial charge is 0.315 e. The molecule has 104 valence electrons. The van der Waals surface area contributed by atoms with Crippen LogP contribution in [0.15, 0.2) is 23.1 Å². The highest BCUT2D eigenvalue weighted by molar-refractivity contribution is 7.89. The van der Waals surface area contributed by atoms with Gasteiger partial charge in [-0.1, -0.05) is 6.07 Å². The number of hydrogen-bond donors (Lipinski definition) is 3. The van der Waals surface area contributed by atoms with Crippen LogP contribution in [-0.2, 0) is 19.6 Å². The third-order valence-corrected chi connectivity index (χ3v) is 3.67.